The Morgan fingerprint density at radius 1 is 1.12 bits per heavy atom. The van der Waals surface area contributed by atoms with Crippen molar-refractivity contribution in [1.29, 1.82) is 0 Å². The third kappa shape index (κ3) is 10.8. The summed E-state index contributed by atoms with van der Waals surface area (Å²) < 4.78 is 33.6. The second-order valence-electron chi connectivity index (χ2n) is 0.434. The van der Waals surface area contributed by atoms with Gasteiger partial charge in [0.05, 0.1) is 0 Å². The van der Waals surface area contributed by atoms with Crippen LogP contribution in [0.15, 0.2) is 0 Å². The summed E-state index contributed by atoms with van der Waals surface area (Å²) in [6.45, 7) is 0. The molecule has 2 unspecified atom stereocenters. The molecule has 0 fully saturated rings. The Bertz CT molecular complexity index is 84.6. The van der Waals surface area contributed by atoms with Gasteiger partial charge in [0.15, 0.2) is 0 Å². The maximum absolute atomic E-state index is 9.26. The molecule has 0 bridgehead atoms. The molecule has 0 aliphatic heterocycles. The van der Waals surface area contributed by atoms with E-state index < -0.39 is 20.2 Å². The minimum atomic E-state index is -2.59. The fraction of sp³-hybridized carbons (Fsp3) is 0. The largest absolute Gasteiger partial charge is 1.00 e. The van der Waals surface area contributed by atoms with E-state index in [-0.39, 0.29) is 50.5 Å². The summed E-state index contributed by atoms with van der Waals surface area (Å²) in [5, 5.41) is 0. The molecule has 2 N–H and O–H groups in total. The van der Waals surface area contributed by atoms with Crippen LogP contribution in [0, 0.1) is 0 Å². The zero-order valence-corrected chi connectivity index (χ0v) is 10.8. The standard InChI is InChI=1S/Na.H2O4S2.Zn.H/c;1-5(2)6(3)4;;/h;(H,1,2)(H,3,4);;/q+1;;;-1. The van der Waals surface area contributed by atoms with Gasteiger partial charge in [-0.25, -0.2) is 8.42 Å². The molecule has 0 spiro atoms. The van der Waals surface area contributed by atoms with Gasteiger partial charge in [-0.1, -0.05) is 0 Å². The van der Waals surface area contributed by atoms with E-state index in [9.17, 15) is 8.42 Å². The van der Waals surface area contributed by atoms with Gasteiger partial charge in [-0.2, -0.15) is 0 Å². The number of rotatable bonds is 1. The Balaban J connectivity index is -0.0000000417. The summed E-state index contributed by atoms with van der Waals surface area (Å²) in [4.78, 5) is 0. The maximum atomic E-state index is 9.26. The summed E-state index contributed by atoms with van der Waals surface area (Å²) in [5.74, 6) is 0. The van der Waals surface area contributed by atoms with E-state index in [1.807, 2.05) is 0 Å². The molecular formula is H3NaO4S2Zn. The molecule has 0 amide bonds. The average Bonchev–Trinajstić information content (AvgIpc) is 1.36. The second-order valence-corrected chi connectivity index (χ2v) is 3.01. The van der Waals surface area contributed by atoms with Crippen LogP contribution in [0.1, 0.15) is 1.43 Å². The minimum absolute atomic E-state index is 0. The van der Waals surface area contributed by atoms with Gasteiger partial charge in [-0.05, 0) is 0 Å². The van der Waals surface area contributed by atoms with Crippen molar-refractivity contribution >= 4 is 20.2 Å². The summed E-state index contributed by atoms with van der Waals surface area (Å²) in [6, 6.07) is 0. The smallest absolute Gasteiger partial charge is 1.00 e. The fourth-order valence-corrected chi connectivity index (χ4v) is 0. The van der Waals surface area contributed by atoms with Crippen molar-refractivity contribution in [3.8, 4) is 0 Å². The zero-order valence-electron chi connectivity index (χ0n) is 5.23. The summed E-state index contributed by atoms with van der Waals surface area (Å²) in [6.07, 6.45) is 0. The van der Waals surface area contributed by atoms with Gasteiger partial charge in [0.2, 0.25) is 0 Å². The molecule has 8 heteroatoms. The minimum Gasteiger partial charge on any atom is -1.00 e. The first-order chi connectivity index (χ1) is 2.64. The first-order valence-corrected chi connectivity index (χ1v) is 3.60. The molecule has 0 radical (unpaired) electrons. The van der Waals surface area contributed by atoms with E-state index in [4.69, 9.17) is 9.11 Å². The van der Waals surface area contributed by atoms with Crippen LogP contribution in [0.5, 0.6) is 0 Å². The van der Waals surface area contributed by atoms with Crippen LogP contribution in [0.4, 0.5) is 0 Å². The number of hydrogen-bond donors (Lipinski definition) is 2. The predicted octanol–water partition coefficient (Wildman–Crippen LogP) is -3.54. The topological polar surface area (TPSA) is 74.6 Å². The van der Waals surface area contributed by atoms with Gasteiger partial charge in [-0.15, -0.1) is 0 Å². The monoisotopic (exact) mass is 218 g/mol. The van der Waals surface area contributed by atoms with Crippen LogP contribution in [0.3, 0.4) is 0 Å². The van der Waals surface area contributed by atoms with Crippen molar-refractivity contribution < 1.29 is 68.0 Å². The molecule has 2 atom stereocenters. The van der Waals surface area contributed by atoms with E-state index in [1.165, 1.54) is 0 Å². The molecule has 0 heterocycles. The molecule has 0 aliphatic carbocycles. The van der Waals surface area contributed by atoms with Gasteiger partial charge >= 0.3 is 29.6 Å². The van der Waals surface area contributed by atoms with Gasteiger partial charge in [0.1, 0.15) is 0 Å². The SMILES string of the molecule is O=S(O)S(=O)O.[H-].[Na+].[Zn]. The van der Waals surface area contributed by atoms with Gasteiger partial charge < -0.3 is 1.43 Å². The van der Waals surface area contributed by atoms with Gasteiger partial charge in [-0.3, -0.25) is 9.11 Å². The van der Waals surface area contributed by atoms with Crippen LogP contribution in [0.2, 0.25) is 0 Å². The molecular weight excluding hydrogens is 217 g/mol. The Morgan fingerprint density at radius 3 is 1.25 bits per heavy atom. The predicted molar refractivity (Wildman–Crippen MR) is 22.7 cm³/mol. The third-order valence-electron chi connectivity index (χ3n) is 0.122. The van der Waals surface area contributed by atoms with Gasteiger partial charge in [0, 0.05) is 19.5 Å². The van der Waals surface area contributed by atoms with E-state index in [1.54, 1.807) is 0 Å². The first kappa shape index (κ1) is 16.4. The van der Waals surface area contributed by atoms with Crippen LogP contribution in [-0.4, -0.2) is 17.5 Å². The molecule has 0 aromatic heterocycles. The average molecular weight is 220 g/mol. The Morgan fingerprint density at radius 2 is 1.25 bits per heavy atom. The molecule has 0 saturated carbocycles. The summed E-state index contributed by atoms with van der Waals surface area (Å²) >= 11 is 0. The Kier molecular flexibility index (Phi) is 18.2. The van der Waals surface area contributed by atoms with E-state index in [0.717, 1.165) is 0 Å². The van der Waals surface area contributed by atoms with Crippen LogP contribution >= 0.6 is 0 Å². The molecule has 0 aromatic rings. The summed E-state index contributed by atoms with van der Waals surface area (Å²) in [5.41, 5.74) is 0. The molecule has 0 aliphatic rings. The van der Waals surface area contributed by atoms with Crippen molar-refractivity contribution in [3.05, 3.63) is 0 Å². The normalized spacial score (nSPS) is 14.8. The van der Waals surface area contributed by atoms with Crippen molar-refractivity contribution in [1.82, 2.24) is 0 Å². The Hall–Kier alpha value is 1.84. The van der Waals surface area contributed by atoms with Crippen LogP contribution in [-0.2, 0) is 39.7 Å². The van der Waals surface area contributed by atoms with Crippen LogP contribution < -0.4 is 29.6 Å². The fourth-order valence-electron chi connectivity index (χ4n) is 0. The van der Waals surface area contributed by atoms with Crippen molar-refractivity contribution in [3.63, 3.8) is 0 Å². The van der Waals surface area contributed by atoms with Crippen molar-refractivity contribution in [2.75, 3.05) is 0 Å². The molecule has 8 heavy (non-hydrogen) atoms. The molecule has 4 nitrogen and oxygen atoms in total. The number of hydrogen-bond acceptors (Lipinski definition) is 2. The maximum Gasteiger partial charge on any atom is 1.00 e. The zero-order chi connectivity index (χ0) is 5.15. The molecule has 42 valence electrons. The summed E-state index contributed by atoms with van der Waals surface area (Å²) in [7, 11) is -5.18. The van der Waals surface area contributed by atoms with E-state index in [2.05, 4.69) is 0 Å². The van der Waals surface area contributed by atoms with Gasteiger partial charge in [0.25, 0.3) is 20.2 Å². The molecule has 0 rings (SSSR count). The van der Waals surface area contributed by atoms with E-state index in [0.29, 0.717) is 0 Å². The molecule has 0 saturated heterocycles. The van der Waals surface area contributed by atoms with Crippen molar-refractivity contribution in [2.45, 2.75) is 0 Å². The second kappa shape index (κ2) is 8.84. The third-order valence-corrected chi connectivity index (χ3v) is 1.10. The first-order valence-electron chi connectivity index (χ1n) is 0.865. The van der Waals surface area contributed by atoms with Crippen molar-refractivity contribution in [2.24, 2.45) is 0 Å². The van der Waals surface area contributed by atoms with E-state index >= 15 is 0 Å². The van der Waals surface area contributed by atoms with Crippen LogP contribution in [0.25, 0.3) is 0 Å². The molecule has 0 aromatic carbocycles. The quantitative estimate of drug-likeness (QED) is 0.272. The Labute approximate surface area is 87.3 Å².